The van der Waals surface area contributed by atoms with Crippen molar-refractivity contribution in [3.63, 3.8) is 0 Å². The lowest BCUT2D eigenvalue weighted by Gasteiger charge is -1.99. The van der Waals surface area contributed by atoms with Crippen molar-refractivity contribution in [2.45, 2.75) is 27.7 Å². The largest absolute Gasteiger partial charge is 0.412 e. The van der Waals surface area contributed by atoms with Crippen molar-refractivity contribution in [1.29, 1.82) is 0 Å². The maximum atomic E-state index is 12.5. The Morgan fingerprint density at radius 2 is 0.949 bits per heavy atom. The summed E-state index contributed by atoms with van der Waals surface area (Å²) in [6.07, 6.45) is 0. The highest BCUT2D eigenvalue weighted by molar-refractivity contribution is 5.62. The molecular formula is C28H30N8O3. The van der Waals surface area contributed by atoms with Crippen molar-refractivity contribution in [2.24, 2.45) is 0 Å². The lowest BCUT2D eigenvalue weighted by atomic mass is 10.2. The summed E-state index contributed by atoms with van der Waals surface area (Å²) in [5, 5.41) is 20.2. The van der Waals surface area contributed by atoms with Crippen LogP contribution in [-0.2, 0) is 0 Å². The third-order valence-corrected chi connectivity index (χ3v) is 6.10. The average Bonchev–Trinajstić information content (AvgIpc) is 3.67. The summed E-state index contributed by atoms with van der Waals surface area (Å²) >= 11 is 0. The van der Waals surface area contributed by atoms with Gasteiger partial charge in [0.05, 0.1) is 33.9 Å². The number of rotatable bonds is 4. The molecule has 0 atom stereocenters. The Labute approximate surface area is 223 Å². The molecule has 0 fully saturated rings. The van der Waals surface area contributed by atoms with Gasteiger partial charge in [-0.15, -0.1) is 0 Å². The number of hydrogen-bond donors (Lipinski definition) is 4. The molecule has 0 aliphatic carbocycles. The molecule has 2 aromatic carbocycles. The number of aromatic nitrogens is 8. The van der Waals surface area contributed by atoms with Gasteiger partial charge < -0.3 is 5.48 Å². The molecule has 6 aromatic rings. The van der Waals surface area contributed by atoms with Crippen LogP contribution in [0.5, 0.6) is 0 Å². The number of H-pyrrole nitrogens is 4. The van der Waals surface area contributed by atoms with E-state index in [0.29, 0.717) is 22.5 Å². The van der Waals surface area contributed by atoms with Gasteiger partial charge in [0.25, 0.3) is 11.1 Å². The fraction of sp³-hybridized carbons (Fsp3) is 0.143. The quantitative estimate of drug-likeness (QED) is 0.276. The summed E-state index contributed by atoms with van der Waals surface area (Å²) in [5.74, 6) is 0. The van der Waals surface area contributed by atoms with Crippen LogP contribution in [0, 0.1) is 27.7 Å². The van der Waals surface area contributed by atoms with Crippen molar-refractivity contribution in [3.05, 3.63) is 116 Å². The Morgan fingerprint density at radius 1 is 0.590 bits per heavy atom. The fourth-order valence-electron chi connectivity index (χ4n) is 4.31. The molecule has 4 heterocycles. The van der Waals surface area contributed by atoms with E-state index in [0.717, 1.165) is 34.2 Å². The first-order chi connectivity index (χ1) is 18.3. The van der Waals surface area contributed by atoms with Crippen LogP contribution in [0.3, 0.4) is 0 Å². The maximum absolute atomic E-state index is 12.5. The second-order valence-corrected chi connectivity index (χ2v) is 9.05. The molecule has 6 N–H and O–H groups in total. The van der Waals surface area contributed by atoms with E-state index in [1.54, 1.807) is 0 Å². The zero-order valence-electron chi connectivity index (χ0n) is 22.0. The zero-order chi connectivity index (χ0) is 26.8. The Hall–Kier alpha value is -5.16. The van der Waals surface area contributed by atoms with Crippen molar-refractivity contribution < 1.29 is 5.48 Å². The highest BCUT2D eigenvalue weighted by atomic mass is 16.1. The van der Waals surface area contributed by atoms with Gasteiger partial charge in [-0.05, 0) is 64.1 Å². The van der Waals surface area contributed by atoms with Gasteiger partial charge in [0.15, 0.2) is 0 Å². The number of para-hydroxylation sites is 2. The lowest BCUT2D eigenvalue weighted by molar-refractivity contribution is 0.824. The number of nitrogens with one attached hydrogen (secondary N) is 4. The van der Waals surface area contributed by atoms with Gasteiger partial charge in [-0.3, -0.25) is 30.0 Å². The number of benzene rings is 2. The van der Waals surface area contributed by atoms with Crippen LogP contribution in [0.4, 0.5) is 0 Å². The lowest BCUT2D eigenvalue weighted by Crippen LogP contribution is -2.15. The van der Waals surface area contributed by atoms with E-state index in [4.69, 9.17) is 0 Å². The van der Waals surface area contributed by atoms with Crippen LogP contribution < -0.4 is 11.1 Å². The highest BCUT2D eigenvalue weighted by Crippen LogP contribution is 2.19. The molecule has 0 aliphatic heterocycles. The molecule has 11 heteroatoms. The monoisotopic (exact) mass is 526 g/mol. The third kappa shape index (κ3) is 5.29. The first kappa shape index (κ1) is 26.9. The molecule has 0 saturated carbocycles. The summed E-state index contributed by atoms with van der Waals surface area (Å²) in [5.41, 5.74) is 7.48. The Bertz CT molecular complexity index is 1670. The van der Waals surface area contributed by atoms with E-state index >= 15 is 0 Å². The first-order valence-corrected chi connectivity index (χ1v) is 12.1. The number of aryl methyl sites for hydroxylation is 4. The number of hydrogen-bond acceptors (Lipinski definition) is 4. The highest BCUT2D eigenvalue weighted by Gasteiger charge is 2.17. The summed E-state index contributed by atoms with van der Waals surface area (Å²) in [6, 6.07) is 22.7. The van der Waals surface area contributed by atoms with E-state index in [1.807, 2.05) is 100 Å². The fourth-order valence-corrected chi connectivity index (χ4v) is 4.31. The molecule has 0 bridgehead atoms. The SMILES string of the molecule is Cc1cc(-c2c(C)[nH]n(-c3ccccc3)c2=O)n[nH]1.Cc1cc(-c2c(C)[nH]n(-c3ccccc3)c2=O)n[nH]1.O. The Balaban J connectivity index is 0.000000176. The Kier molecular flexibility index (Phi) is 7.63. The molecule has 0 radical (unpaired) electrons. The maximum Gasteiger partial charge on any atom is 0.281 e. The molecular weight excluding hydrogens is 496 g/mol. The topological polar surface area (TPSA) is 164 Å². The summed E-state index contributed by atoms with van der Waals surface area (Å²) in [6.45, 7) is 7.57. The van der Waals surface area contributed by atoms with Gasteiger partial charge >= 0.3 is 0 Å². The van der Waals surface area contributed by atoms with Gasteiger partial charge in [-0.1, -0.05) is 36.4 Å². The van der Waals surface area contributed by atoms with Crippen LogP contribution >= 0.6 is 0 Å². The number of nitrogens with zero attached hydrogens (tertiary/aromatic N) is 4. The van der Waals surface area contributed by atoms with Gasteiger partial charge in [0.1, 0.15) is 0 Å². The standard InChI is InChI=1S/2C14H14N4O.H2O/c2*1-9-8-12(16-15-9)13-10(2)17-18(14(13)19)11-6-4-3-5-7-11;/h2*3-8,17H,1-2H3,(H,15,16);1H2. The van der Waals surface area contributed by atoms with Crippen LogP contribution in [0.1, 0.15) is 22.8 Å². The molecule has 4 aromatic heterocycles. The normalized spacial score (nSPS) is 10.6. The minimum absolute atomic E-state index is 0. The minimum Gasteiger partial charge on any atom is -0.412 e. The molecule has 200 valence electrons. The van der Waals surface area contributed by atoms with Gasteiger partial charge in [0, 0.05) is 22.8 Å². The minimum atomic E-state index is -0.0878. The van der Waals surface area contributed by atoms with E-state index < -0.39 is 0 Å². The van der Waals surface area contributed by atoms with E-state index in [2.05, 4.69) is 30.6 Å². The molecule has 0 unspecified atom stereocenters. The van der Waals surface area contributed by atoms with Gasteiger partial charge in [-0.25, -0.2) is 9.36 Å². The number of aromatic amines is 4. The van der Waals surface area contributed by atoms with Crippen LogP contribution in [0.2, 0.25) is 0 Å². The van der Waals surface area contributed by atoms with E-state index in [1.165, 1.54) is 9.36 Å². The van der Waals surface area contributed by atoms with Gasteiger partial charge in [-0.2, -0.15) is 10.2 Å². The van der Waals surface area contributed by atoms with Gasteiger partial charge in [0.2, 0.25) is 0 Å². The molecule has 0 saturated heterocycles. The molecule has 0 amide bonds. The second kappa shape index (κ2) is 11.1. The smallest absolute Gasteiger partial charge is 0.281 e. The molecule has 11 nitrogen and oxygen atoms in total. The van der Waals surface area contributed by atoms with Crippen molar-refractivity contribution in [3.8, 4) is 33.9 Å². The summed E-state index contributed by atoms with van der Waals surface area (Å²) in [4.78, 5) is 25.0. The molecule has 0 spiro atoms. The van der Waals surface area contributed by atoms with Crippen molar-refractivity contribution in [2.75, 3.05) is 0 Å². The van der Waals surface area contributed by atoms with E-state index in [9.17, 15) is 9.59 Å². The second-order valence-electron chi connectivity index (χ2n) is 9.05. The summed E-state index contributed by atoms with van der Waals surface area (Å²) < 4.78 is 3.07. The predicted octanol–water partition coefficient (Wildman–Crippen LogP) is 3.52. The van der Waals surface area contributed by atoms with Crippen LogP contribution in [-0.4, -0.2) is 45.4 Å². The van der Waals surface area contributed by atoms with Crippen molar-refractivity contribution >= 4 is 0 Å². The Morgan fingerprint density at radius 3 is 1.26 bits per heavy atom. The summed E-state index contributed by atoms with van der Waals surface area (Å²) in [7, 11) is 0. The molecule has 0 aliphatic rings. The average molecular weight is 527 g/mol. The predicted molar refractivity (Wildman–Crippen MR) is 151 cm³/mol. The molecule has 39 heavy (non-hydrogen) atoms. The van der Waals surface area contributed by atoms with E-state index in [-0.39, 0.29) is 16.6 Å². The molecule has 6 rings (SSSR count). The first-order valence-electron chi connectivity index (χ1n) is 12.1. The third-order valence-electron chi connectivity index (χ3n) is 6.10. The zero-order valence-corrected chi connectivity index (χ0v) is 22.0. The van der Waals surface area contributed by atoms with Crippen LogP contribution in [0.25, 0.3) is 33.9 Å². The van der Waals surface area contributed by atoms with Crippen molar-refractivity contribution in [1.82, 2.24) is 40.0 Å². The van der Waals surface area contributed by atoms with Crippen LogP contribution in [0.15, 0.2) is 82.4 Å².